The molecule has 2 N–H and O–H groups in total. The van der Waals surface area contributed by atoms with Gasteiger partial charge in [-0.25, -0.2) is 0 Å². The highest BCUT2D eigenvalue weighted by Gasteiger charge is 2.23. The Morgan fingerprint density at radius 3 is 2.31 bits per heavy atom. The van der Waals surface area contributed by atoms with Crippen LogP contribution in [0.25, 0.3) is 0 Å². The van der Waals surface area contributed by atoms with E-state index < -0.39 is 5.91 Å². The summed E-state index contributed by atoms with van der Waals surface area (Å²) in [7, 11) is 0. The van der Waals surface area contributed by atoms with Crippen LogP contribution in [0, 0.1) is 0 Å². The molecule has 1 fully saturated rings. The van der Waals surface area contributed by atoms with Crippen molar-refractivity contribution in [3.05, 3.63) is 77.4 Å². The van der Waals surface area contributed by atoms with Crippen molar-refractivity contribution in [2.45, 2.75) is 59.8 Å². The number of aromatic hydroxyl groups is 1. The van der Waals surface area contributed by atoms with E-state index in [0.29, 0.717) is 54.6 Å². The van der Waals surface area contributed by atoms with Gasteiger partial charge in [0, 0.05) is 44.7 Å². The van der Waals surface area contributed by atoms with Crippen LogP contribution in [0.2, 0.25) is 0 Å². The molecule has 10 nitrogen and oxygen atoms in total. The van der Waals surface area contributed by atoms with Crippen molar-refractivity contribution in [1.82, 2.24) is 9.80 Å². The first-order chi connectivity index (χ1) is 23.3. The van der Waals surface area contributed by atoms with E-state index in [1.165, 1.54) is 12.1 Å². The number of para-hydroxylation sites is 1. The molecule has 0 bridgehead atoms. The second kappa shape index (κ2) is 18.1. The van der Waals surface area contributed by atoms with Gasteiger partial charge >= 0.3 is 0 Å². The number of aryl methyl sites for hydroxylation is 1. The number of piperazine rings is 1. The predicted octanol–water partition coefficient (Wildman–Crippen LogP) is 6.38. The Bertz CT molecular complexity index is 1540. The minimum absolute atomic E-state index is 0.128. The molecule has 48 heavy (non-hydrogen) atoms. The van der Waals surface area contributed by atoms with Crippen molar-refractivity contribution in [3.8, 4) is 17.2 Å². The first-order valence-corrected chi connectivity index (χ1v) is 17.2. The van der Waals surface area contributed by atoms with E-state index in [2.05, 4.69) is 24.1 Å². The van der Waals surface area contributed by atoms with Gasteiger partial charge in [0.25, 0.3) is 11.8 Å². The largest absolute Gasteiger partial charge is 0.507 e. The maximum atomic E-state index is 13.9. The Hall–Kier alpha value is -4.57. The number of nitrogens with one attached hydrogen (secondary N) is 1. The fourth-order valence-electron chi connectivity index (χ4n) is 5.79. The summed E-state index contributed by atoms with van der Waals surface area (Å²) in [6, 6.07) is 17.1. The van der Waals surface area contributed by atoms with Crippen LogP contribution in [0.3, 0.4) is 0 Å². The number of benzene rings is 3. The van der Waals surface area contributed by atoms with Gasteiger partial charge in [-0.15, -0.1) is 0 Å². The molecule has 10 heteroatoms. The molecule has 0 aliphatic carbocycles. The van der Waals surface area contributed by atoms with Crippen LogP contribution in [-0.4, -0.2) is 85.1 Å². The molecule has 258 valence electrons. The lowest BCUT2D eigenvalue weighted by molar-refractivity contribution is -0.133. The Labute approximate surface area is 284 Å². The molecule has 3 aromatic carbocycles. The Morgan fingerprint density at radius 1 is 0.854 bits per heavy atom. The van der Waals surface area contributed by atoms with Gasteiger partial charge < -0.3 is 34.6 Å². The number of likely N-dealkylation sites (N-methyl/N-ethyl adjacent to an activating group) is 1. The van der Waals surface area contributed by atoms with Gasteiger partial charge in [0.2, 0.25) is 5.91 Å². The number of amides is 3. The summed E-state index contributed by atoms with van der Waals surface area (Å²) in [6.45, 7) is 13.7. The van der Waals surface area contributed by atoms with Crippen molar-refractivity contribution >= 4 is 29.1 Å². The molecule has 0 unspecified atom stereocenters. The number of hydrogen-bond acceptors (Lipinski definition) is 7. The van der Waals surface area contributed by atoms with Gasteiger partial charge in [-0.05, 0) is 94.1 Å². The topological polar surface area (TPSA) is 112 Å². The summed E-state index contributed by atoms with van der Waals surface area (Å²) in [6.07, 6.45) is 3.90. The zero-order valence-electron chi connectivity index (χ0n) is 28.8. The van der Waals surface area contributed by atoms with Crippen molar-refractivity contribution < 1.29 is 29.0 Å². The number of unbranched alkanes of at least 4 members (excludes halogenated alkanes) is 2. The van der Waals surface area contributed by atoms with Crippen LogP contribution in [0.4, 0.5) is 11.4 Å². The van der Waals surface area contributed by atoms with E-state index in [9.17, 15) is 19.5 Å². The fraction of sp³-hybridized carbons (Fsp3) is 0.447. The molecule has 3 amide bonds. The molecular weight excluding hydrogens is 608 g/mol. The number of nitrogens with zero attached hydrogens (tertiary/aromatic N) is 3. The first kappa shape index (κ1) is 36.3. The van der Waals surface area contributed by atoms with E-state index in [1.54, 1.807) is 35.2 Å². The minimum atomic E-state index is -0.488. The summed E-state index contributed by atoms with van der Waals surface area (Å²) in [5.41, 5.74) is 2.70. The molecule has 0 radical (unpaired) electrons. The van der Waals surface area contributed by atoms with Crippen LogP contribution in [0.15, 0.2) is 60.7 Å². The molecule has 1 saturated heterocycles. The monoisotopic (exact) mass is 658 g/mol. The van der Waals surface area contributed by atoms with Gasteiger partial charge in [-0.3, -0.25) is 14.4 Å². The average Bonchev–Trinajstić information content (AvgIpc) is 3.11. The average molecular weight is 659 g/mol. The molecule has 1 aliphatic rings. The molecule has 0 atom stereocenters. The number of anilines is 2. The van der Waals surface area contributed by atoms with Gasteiger partial charge in [0.05, 0.1) is 30.2 Å². The lowest BCUT2D eigenvalue weighted by atomic mass is 10.1. The van der Waals surface area contributed by atoms with Crippen LogP contribution in [-0.2, 0) is 11.2 Å². The second-order valence-corrected chi connectivity index (χ2v) is 11.8. The summed E-state index contributed by atoms with van der Waals surface area (Å²) in [4.78, 5) is 45.5. The third kappa shape index (κ3) is 9.50. The quantitative estimate of drug-likeness (QED) is 0.172. The molecular formula is C38H50N4O6. The fourth-order valence-corrected chi connectivity index (χ4v) is 5.79. The zero-order chi connectivity index (χ0) is 34.5. The second-order valence-electron chi connectivity index (χ2n) is 11.8. The summed E-state index contributed by atoms with van der Waals surface area (Å²) < 4.78 is 12.1. The lowest BCUT2D eigenvalue weighted by Gasteiger charge is -2.34. The highest BCUT2D eigenvalue weighted by atomic mass is 16.5. The number of hydrogen-bond donors (Lipinski definition) is 2. The summed E-state index contributed by atoms with van der Waals surface area (Å²) in [5.74, 6) is 0.383. The number of rotatable bonds is 16. The van der Waals surface area contributed by atoms with E-state index in [1.807, 2.05) is 36.9 Å². The smallest absolute Gasteiger partial charge is 0.259 e. The van der Waals surface area contributed by atoms with E-state index in [4.69, 9.17) is 9.47 Å². The number of phenols is 1. The lowest BCUT2D eigenvalue weighted by Crippen LogP contribution is -2.48. The Morgan fingerprint density at radius 2 is 1.62 bits per heavy atom. The highest BCUT2D eigenvalue weighted by molar-refractivity contribution is 6.09. The maximum Gasteiger partial charge on any atom is 0.259 e. The molecule has 0 spiro atoms. The molecule has 1 heterocycles. The van der Waals surface area contributed by atoms with Crippen LogP contribution in [0.5, 0.6) is 17.2 Å². The van der Waals surface area contributed by atoms with E-state index in [0.717, 1.165) is 64.0 Å². The normalized spacial score (nSPS) is 13.2. The maximum absolute atomic E-state index is 13.9. The number of carbonyl (C=O) groups excluding carboxylic acids is 3. The Kier molecular flexibility index (Phi) is 13.7. The number of carbonyl (C=O) groups is 3. The van der Waals surface area contributed by atoms with Gasteiger partial charge in [0.1, 0.15) is 17.2 Å². The molecule has 3 aromatic rings. The van der Waals surface area contributed by atoms with Crippen molar-refractivity contribution in [2.24, 2.45) is 0 Å². The number of ether oxygens (including phenoxy) is 2. The van der Waals surface area contributed by atoms with Crippen LogP contribution in [0.1, 0.15) is 79.7 Å². The zero-order valence-corrected chi connectivity index (χ0v) is 28.8. The first-order valence-electron chi connectivity index (χ1n) is 17.2. The molecule has 0 saturated carbocycles. The van der Waals surface area contributed by atoms with Crippen molar-refractivity contribution in [3.63, 3.8) is 0 Å². The molecule has 4 rings (SSSR count). The summed E-state index contributed by atoms with van der Waals surface area (Å²) in [5, 5.41) is 12.9. The van der Waals surface area contributed by atoms with Crippen molar-refractivity contribution in [2.75, 3.05) is 62.7 Å². The van der Waals surface area contributed by atoms with Crippen LogP contribution < -0.4 is 19.7 Å². The predicted molar refractivity (Wildman–Crippen MR) is 189 cm³/mol. The minimum Gasteiger partial charge on any atom is -0.507 e. The third-order valence-electron chi connectivity index (χ3n) is 8.67. The molecule has 0 aromatic heterocycles. The molecule has 1 aliphatic heterocycles. The van der Waals surface area contributed by atoms with E-state index >= 15 is 0 Å². The van der Waals surface area contributed by atoms with E-state index in [-0.39, 0.29) is 23.1 Å². The SMILES string of the molecule is CCOc1cc(C(=O)N(CC)c2ccc(CC)cc2OCCCCCC(=O)N2CCN(CC)CC2)ccc1NC(=O)c1ccccc1O. The third-order valence-corrected chi connectivity index (χ3v) is 8.67. The van der Waals surface area contributed by atoms with Crippen LogP contribution >= 0.6 is 0 Å². The summed E-state index contributed by atoms with van der Waals surface area (Å²) >= 11 is 0. The number of phenolic OH excluding ortho intramolecular Hbond substituents is 1. The van der Waals surface area contributed by atoms with Gasteiger partial charge in [-0.1, -0.05) is 32.0 Å². The standard InChI is InChI=1S/C38H50N4O6/c1-5-28-17-20-32(35(26-28)48-25-13-9-10-16-36(44)41-23-21-40(6-2)22-24-41)42(7-3)38(46)29-18-19-31(34(27-29)47-8-4)39-37(45)30-14-11-12-15-33(30)43/h11-12,14-15,17-20,26-27,43H,5-10,13,16,21-25H2,1-4H3,(H,39,45). The van der Waals surface area contributed by atoms with Gasteiger partial charge in [-0.2, -0.15) is 0 Å². The van der Waals surface area contributed by atoms with Gasteiger partial charge in [0.15, 0.2) is 0 Å². The Balaban J connectivity index is 1.40. The van der Waals surface area contributed by atoms with Crippen molar-refractivity contribution in [1.29, 1.82) is 0 Å². The highest BCUT2D eigenvalue weighted by Crippen LogP contribution is 2.33.